The van der Waals surface area contributed by atoms with Crippen molar-refractivity contribution in [3.63, 3.8) is 0 Å². The first-order valence-electron chi connectivity index (χ1n) is 5.15. The quantitative estimate of drug-likeness (QED) is 0.783. The molecule has 0 radical (unpaired) electrons. The molecule has 2 rings (SSSR count). The van der Waals surface area contributed by atoms with Crippen LogP contribution in [0.15, 0.2) is 28.9 Å². The molecule has 0 bridgehead atoms. The molecule has 0 aliphatic rings. The molecule has 0 saturated heterocycles. The number of aryl methyl sites for hydroxylation is 1. The van der Waals surface area contributed by atoms with Gasteiger partial charge in [-0.05, 0) is 12.1 Å². The Labute approximate surface area is 88.7 Å². The number of nitrogens with one attached hydrogen (secondary N) is 2. The maximum absolute atomic E-state index is 5.56. The second kappa shape index (κ2) is 4.79. The average molecular weight is 205 g/mol. The molecule has 2 heterocycles. The monoisotopic (exact) mass is 205 g/mol. The molecular formula is C11H15N3O. The minimum atomic E-state index is 0.731. The van der Waals surface area contributed by atoms with Gasteiger partial charge in [-0.3, -0.25) is 0 Å². The van der Waals surface area contributed by atoms with Crippen LogP contribution in [0, 0.1) is 0 Å². The molecule has 2 aromatic rings. The summed E-state index contributed by atoms with van der Waals surface area (Å²) < 4.78 is 5.56. The summed E-state index contributed by atoms with van der Waals surface area (Å²) in [6.07, 6.45) is 4.51. The minimum Gasteiger partial charge on any atom is -0.465 e. The van der Waals surface area contributed by atoms with Crippen LogP contribution >= 0.6 is 0 Å². The molecule has 4 heteroatoms. The van der Waals surface area contributed by atoms with E-state index >= 15 is 0 Å². The number of imidazole rings is 1. The lowest BCUT2D eigenvalue weighted by atomic mass is 10.3. The van der Waals surface area contributed by atoms with Crippen molar-refractivity contribution in [3.8, 4) is 0 Å². The number of furan rings is 1. The van der Waals surface area contributed by atoms with Crippen molar-refractivity contribution < 1.29 is 4.42 Å². The minimum absolute atomic E-state index is 0.731. The summed E-state index contributed by atoms with van der Waals surface area (Å²) >= 11 is 0. The van der Waals surface area contributed by atoms with Crippen molar-refractivity contribution in [2.24, 2.45) is 0 Å². The highest BCUT2D eigenvalue weighted by molar-refractivity contribution is 5.06. The lowest BCUT2D eigenvalue weighted by Crippen LogP contribution is -2.13. The highest BCUT2D eigenvalue weighted by Gasteiger charge is 2.00. The Morgan fingerprint density at radius 1 is 1.33 bits per heavy atom. The van der Waals surface area contributed by atoms with Crippen LogP contribution in [0.25, 0.3) is 0 Å². The van der Waals surface area contributed by atoms with Crippen LogP contribution in [0.1, 0.15) is 24.3 Å². The SMILES string of the molecule is CCc1ccc(CNCc2ncc[nH]2)o1. The summed E-state index contributed by atoms with van der Waals surface area (Å²) in [5.41, 5.74) is 0. The summed E-state index contributed by atoms with van der Waals surface area (Å²) in [6.45, 7) is 3.55. The number of nitrogens with zero attached hydrogens (tertiary/aromatic N) is 1. The maximum Gasteiger partial charge on any atom is 0.120 e. The van der Waals surface area contributed by atoms with Gasteiger partial charge in [0.25, 0.3) is 0 Å². The lowest BCUT2D eigenvalue weighted by Gasteiger charge is -1.99. The first-order chi connectivity index (χ1) is 7.38. The molecular weight excluding hydrogens is 190 g/mol. The van der Waals surface area contributed by atoms with E-state index in [0.717, 1.165) is 36.9 Å². The van der Waals surface area contributed by atoms with Gasteiger partial charge in [-0.2, -0.15) is 0 Å². The van der Waals surface area contributed by atoms with Crippen molar-refractivity contribution in [2.45, 2.75) is 26.4 Å². The van der Waals surface area contributed by atoms with E-state index in [1.165, 1.54) is 0 Å². The van der Waals surface area contributed by atoms with Crippen molar-refractivity contribution >= 4 is 0 Å². The van der Waals surface area contributed by atoms with E-state index in [2.05, 4.69) is 22.2 Å². The number of H-pyrrole nitrogens is 1. The highest BCUT2D eigenvalue weighted by Crippen LogP contribution is 2.07. The molecule has 0 spiro atoms. The fourth-order valence-corrected chi connectivity index (χ4v) is 1.41. The number of aromatic nitrogens is 2. The smallest absolute Gasteiger partial charge is 0.120 e. The van der Waals surface area contributed by atoms with Crippen LogP contribution in [-0.2, 0) is 19.5 Å². The molecule has 80 valence electrons. The Balaban J connectivity index is 1.78. The van der Waals surface area contributed by atoms with E-state index in [0.29, 0.717) is 0 Å². The van der Waals surface area contributed by atoms with E-state index in [1.54, 1.807) is 6.20 Å². The van der Waals surface area contributed by atoms with Crippen LogP contribution in [0.4, 0.5) is 0 Å². The summed E-state index contributed by atoms with van der Waals surface area (Å²) in [4.78, 5) is 7.16. The van der Waals surface area contributed by atoms with Crippen LogP contribution in [0.5, 0.6) is 0 Å². The van der Waals surface area contributed by atoms with E-state index in [4.69, 9.17) is 4.42 Å². The zero-order valence-electron chi connectivity index (χ0n) is 8.79. The molecule has 0 atom stereocenters. The van der Waals surface area contributed by atoms with Gasteiger partial charge in [0.15, 0.2) is 0 Å². The van der Waals surface area contributed by atoms with Gasteiger partial charge in [-0.25, -0.2) is 4.98 Å². The molecule has 0 amide bonds. The van der Waals surface area contributed by atoms with E-state index in [9.17, 15) is 0 Å². The molecule has 0 aliphatic carbocycles. The summed E-state index contributed by atoms with van der Waals surface area (Å²) in [6, 6.07) is 4.03. The van der Waals surface area contributed by atoms with Crippen LogP contribution < -0.4 is 5.32 Å². The average Bonchev–Trinajstić information content (AvgIpc) is 2.88. The standard InChI is InChI=1S/C11H15N3O/c1-2-9-3-4-10(15-9)7-12-8-11-13-5-6-14-11/h3-6,12H,2,7-8H2,1H3,(H,13,14). The molecule has 15 heavy (non-hydrogen) atoms. The molecule has 0 aromatic carbocycles. The second-order valence-corrected chi connectivity index (χ2v) is 3.36. The second-order valence-electron chi connectivity index (χ2n) is 3.36. The Bertz CT molecular complexity index is 392. The zero-order chi connectivity index (χ0) is 10.5. The molecule has 0 saturated carbocycles. The largest absolute Gasteiger partial charge is 0.465 e. The van der Waals surface area contributed by atoms with Crippen molar-refractivity contribution in [1.29, 1.82) is 0 Å². The van der Waals surface area contributed by atoms with Crippen LogP contribution in [0.3, 0.4) is 0 Å². The fraction of sp³-hybridized carbons (Fsp3) is 0.364. The maximum atomic E-state index is 5.56. The summed E-state index contributed by atoms with van der Waals surface area (Å²) in [7, 11) is 0. The molecule has 2 N–H and O–H groups in total. The predicted octanol–water partition coefficient (Wildman–Crippen LogP) is 1.85. The Morgan fingerprint density at radius 3 is 2.87 bits per heavy atom. The molecule has 4 nitrogen and oxygen atoms in total. The molecule has 2 aromatic heterocycles. The lowest BCUT2D eigenvalue weighted by molar-refractivity contribution is 0.449. The van der Waals surface area contributed by atoms with E-state index < -0.39 is 0 Å². The molecule has 0 fully saturated rings. The number of hydrogen-bond donors (Lipinski definition) is 2. The van der Waals surface area contributed by atoms with Gasteiger partial charge in [-0.15, -0.1) is 0 Å². The van der Waals surface area contributed by atoms with Crippen LogP contribution in [-0.4, -0.2) is 9.97 Å². The summed E-state index contributed by atoms with van der Waals surface area (Å²) in [5.74, 6) is 2.94. The third kappa shape index (κ3) is 2.70. The van der Waals surface area contributed by atoms with Crippen molar-refractivity contribution in [3.05, 3.63) is 41.9 Å². The Hall–Kier alpha value is -1.55. The van der Waals surface area contributed by atoms with Crippen molar-refractivity contribution in [2.75, 3.05) is 0 Å². The van der Waals surface area contributed by atoms with Gasteiger partial charge in [0, 0.05) is 18.8 Å². The highest BCUT2D eigenvalue weighted by atomic mass is 16.3. The zero-order valence-corrected chi connectivity index (χ0v) is 8.79. The third-order valence-corrected chi connectivity index (χ3v) is 2.21. The van der Waals surface area contributed by atoms with E-state index in [1.807, 2.05) is 18.3 Å². The summed E-state index contributed by atoms with van der Waals surface area (Å²) in [5, 5.41) is 3.25. The first kappa shape index (κ1) is 9.98. The van der Waals surface area contributed by atoms with Gasteiger partial charge in [0.2, 0.25) is 0 Å². The van der Waals surface area contributed by atoms with Crippen LogP contribution in [0.2, 0.25) is 0 Å². The van der Waals surface area contributed by atoms with Gasteiger partial charge in [0.05, 0.1) is 13.1 Å². The first-order valence-corrected chi connectivity index (χ1v) is 5.15. The number of aromatic amines is 1. The number of hydrogen-bond acceptors (Lipinski definition) is 3. The van der Waals surface area contributed by atoms with E-state index in [-0.39, 0.29) is 0 Å². The fourth-order valence-electron chi connectivity index (χ4n) is 1.41. The number of rotatable bonds is 5. The van der Waals surface area contributed by atoms with Gasteiger partial charge < -0.3 is 14.7 Å². The third-order valence-electron chi connectivity index (χ3n) is 2.21. The van der Waals surface area contributed by atoms with Gasteiger partial charge in [-0.1, -0.05) is 6.92 Å². The Kier molecular flexibility index (Phi) is 3.19. The Morgan fingerprint density at radius 2 is 2.20 bits per heavy atom. The molecule has 0 unspecified atom stereocenters. The molecule has 0 aliphatic heterocycles. The van der Waals surface area contributed by atoms with Gasteiger partial charge in [0.1, 0.15) is 17.3 Å². The topological polar surface area (TPSA) is 53.9 Å². The van der Waals surface area contributed by atoms with Gasteiger partial charge >= 0.3 is 0 Å². The normalized spacial score (nSPS) is 10.7. The van der Waals surface area contributed by atoms with Crippen molar-refractivity contribution in [1.82, 2.24) is 15.3 Å². The predicted molar refractivity (Wildman–Crippen MR) is 57.2 cm³/mol.